The van der Waals surface area contributed by atoms with Gasteiger partial charge >= 0.3 is 0 Å². The van der Waals surface area contributed by atoms with E-state index in [4.69, 9.17) is 4.74 Å². The fourth-order valence-electron chi connectivity index (χ4n) is 4.30. The zero-order valence-electron chi connectivity index (χ0n) is 15.2. The van der Waals surface area contributed by atoms with E-state index in [1.54, 1.807) is 30.5 Å². The van der Waals surface area contributed by atoms with Gasteiger partial charge in [0.15, 0.2) is 0 Å². The number of carbonyl (C=O) groups excluding carboxylic acids is 1. The van der Waals surface area contributed by atoms with Gasteiger partial charge in [0.1, 0.15) is 5.82 Å². The number of nitrogens with zero attached hydrogens (tertiary/aromatic N) is 2. The number of aromatic amines is 1. The summed E-state index contributed by atoms with van der Waals surface area (Å²) in [4.78, 5) is 15.2. The molecule has 6 nitrogen and oxygen atoms in total. The molecule has 0 aliphatic carbocycles. The van der Waals surface area contributed by atoms with Crippen molar-refractivity contribution in [3.05, 3.63) is 53.5 Å². The van der Waals surface area contributed by atoms with Gasteiger partial charge in [-0.15, -0.1) is 0 Å². The molecule has 5 rings (SSSR count). The van der Waals surface area contributed by atoms with Crippen molar-refractivity contribution in [3.8, 4) is 11.1 Å². The minimum absolute atomic E-state index is 0.0682. The fraction of sp³-hybridized carbons (Fsp3) is 0.333. The van der Waals surface area contributed by atoms with Crippen LogP contribution < -0.4 is 0 Å². The molecule has 3 aromatic rings. The predicted octanol–water partition coefficient (Wildman–Crippen LogP) is 2.58. The molecule has 2 aliphatic heterocycles. The monoisotopic (exact) mass is 381 g/mol. The van der Waals surface area contributed by atoms with Gasteiger partial charge in [-0.05, 0) is 35.4 Å². The lowest BCUT2D eigenvalue weighted by atomic mass is 9.98. The topological polar surface area (TPSA) is 78.4 Å². The molecule has 144 valence electrons. The van der Waals surface area contributed by atoms with E-state index in [1.807, 2.05) is 4.90 Å². The summed E-state index contributed by atoms with van der Waals surface area (Å²) in [5, 5.41) is 17.1. The standard InChI is InChI=1S/C21H20FN3O3/c22-19-2-1-12(9-26)3-16(19)13-4-17(18-6-23-24-20(18)5-13)21(27)25-7-14-10-28-11-15(14)8-25/h1-6,14-15,26H,7-11H2,(H,23,24)/t14-,15+. The molecule has 2 fully saturated rings. The Hall–Kier alpha value is -2.77. The average molecular weight is 381 g/mol. The Balaban J connectivity index is 1.58. The quantitative estimate of drug-likeness (QED) is 0.731. The van der Waals surface area contributed by atoms with Gasteiger partial charge in [0, 0.05) is 35.9 Å². The lowest BCUT2D eigenvalue weighted by Crippen LogP contribution is -2.30. The number of hydrogen-bond donors (Lipinski definition) is 2. The zero-order valence-corrected chi connectivity index (χ0v) is 15.2. The van der Waals surface area contributed by atoms with Crippen molar-refractivity contribution >= 4 is 16.8 Å². The highest BCUT2D eigenvalue weighted by Gasteiger charge is 2.39. The van der Waals surface area contributed by atoms with Crippen LogP contribution >= 0.6 is 0 Å². The van der Waals surface area contributed by atoms with Crippen LogP contribution in [0.5, 0.6) is 0 Å². The second kappa shape index (κ2) is 6.68. The van der Waals surface area contributed by atoms with Gasteiger partial charge in [-0.1, -0.05) is 6.07 Å². The molecule has 2 aliphatic rings. The molecule has 2 N–H and O–H groups in total. The fourth-order valence-corrected chi connectivity index (χ4v) is 4.30. The number of ether oxygens (including phenoxy) is 1. The molecule has 3 heterocycles. The second-order valence-electron chi connectivity index (χ2n) is 7.60. The normalized spacial score (nSPS) is 21.4. The highest BCUT2D eigenvalue weighted by molar-refractivity contribution is 6.08. The molecule has 2 atom stereocenters. The van der Waals surface area contributed by atoms with Crippen LogP contribution in [0.25, 0.3) is 22.0 Å². The van der Waals surface area contributed by atoms with Crippen molar-refractivity contribution in [1.82, 2.24) is 15.1 Å². The molecule has 7 heteroatoms. The SMILES string of the molecule is O=C(c1cc(-c2cc(CO)ccc2F)cc2[nH]ncc12)N1C[C@H]2COC[C@H]2C1. The van der Waals surface area contributed by atoms with E-state index in [0.717, 1.165) is 5.39 Å². The van der Waals surface area contributed by atoms with Crippen molar-refractivity contribution in [2.24, 2.45) is 11.8 Å². The third-order valence-corrected chi connectivity index (χ3v) is 5.84. The van der Waals surface area contributed by atoms with Gasteiger partial charge in [-0.25, -0.2) is 4.39 Å². The molecular formula is C21H20FN3O3. The summed E-state index contributed by atoms with van der Waals surface area (Å²) in [6, 6.07) is 8.00. The van der Waals surface area contributed by atoms with Gasteiger partial charge in [0.2, 0.25) is 0 Å². The van der Waals surface area contributed by atoms with E-state index in [1.165, 1.54) is 6.07 Å². The smallest absolute Gasteiger partial charge is 0.254 e. The number of likely N-dealkylation sites (tertiary alicyclic amines) is 1. The van der Waals surface area contributed by atoms with Gasteiger partial charge in [0.25, 0.3) is 5.91 Å². The number of halogens is 1. The lowest BCUT2D eigenvalue weighted by molar-refractivity contribution is 0.0753. The number of hydrogen-bond acceptors (Lipinski definition) is 4. The van der Waals surface area contributed by atoms with Crippen molar-refractivity contribution in [3.63, 3.8) is 0 Å². The Kier molecular flexibility index (Phi) is 4.14. The molecule has 0 saturated carbocycles. The number of nitrogens with one attached hydrogen (secondary N) is 1. The summed E-state index contributed by atoms with van der Waals surface area (Å²) in [7, 11) is 0. The Morgan fingerprint density at radius 1 is 1.25 bits per heavy atom. The predicted molar refractivity (Wildman–Crippen MR) is 101 cm³/mol. The summed E-state index contributed by atoms with van der Waals surface area (Å²) in [5.74, 6) is 0.319. The maximum Gasteiger partial charge on any atom is 0.254 e. The Labute approximate surface area is 160 Å². The van der Waals surface area contributed by atoms with Crippen LogP contribution in [0, 0.1) is 17.7 Å². The van der Waals surface area contributed by atoms with Crippen molar-refractivity contribution in [2.75, 3.05) is 26.3 Å². The van der Waals surface area contributed by atoms with Crippen LogP contribution in [0.3, 0.4) is 0 Å². The van der Waals surface area contributed by atoms with Gasteiger partial charge < -0.3 is 14.7 Å². The minimum Gasteiger partial charge on any atom is -0.392 e. The first-order valence-electron chi connectivity index (χ1n) is 9.38. The van der Waals surface area contributed by atoms with E-state index in [-0.39, 0.29) is 12.5 Å². The second-order valence-corrected chi connectivity index (χ2v) is 7.60. The number of carbonyl (C=O) groups is 1. The first-order valence-corrected chi connectivity index (χ1v) is 9.38. The highest BCUT2D eigenvalue weighted by Crippen LogP contribution is 2.33. The van der Waals surface area contributed by atoms with Gasteiger partial charge in [-0.3, -0.25) is 9.89 Å². The molecule has 1 amide bonds. The number of amides is 1. The summed E-state index contributed by atoms with van der Waals surface area (Å²) in [6.45, 7) is 2.59. The molecule has 1 aromatic heterocycles. The van der Waals surface area contributed by atoms with Crippen molar-refractivity contribution in [2.45, 2.75) is 6.61 Å². The van der Waals surface area contributed by atoms with Crippen LogP contribution in [0.2, 0.25) is 0 Å². The number of aromatic nitrogens is 2. The van der Waals surface area contributed by atoms with Crippen LogP contribution in [-0.4, -0.2) is 52.4 Å². The van der Waals surface area contributed by atoms with Crippen molar-refractivity contribution < 1.29 is 19.0 Å². The Bertz CT molecular complexity index is 1050. The van der Waals surface area contributed by atoms with Crippen LogP contribution in [0.4, 0.5) is 4.39 Å². The van der Waals surface area contributed by atoms with E-state index < -0.39 is 5.82 Å². The van der Waals surface area contributed by atoms with E-state index >= 15 is 0 Å². The first-order chi connectivity index (χ1) is 13.6. The molecule has 2 aromatic carbocycles. The molecule has 0 unspecified atom stereocenters. The summed E-state index contributed by atoms with van der Waals surface area (Å²) in [5.41, 5.74) is 2.73. The number of H-pyrrole nitrogens is 1. The summed E-state index contributed by atoms with van der Waals surface area (Å²) in [6.07, 6.45) is 1.63. The maximum atomic E-state index is 14.5. The Morgan fingerprint density at radius 3 is 2.79 bits per heavy atom. The molecular weight excluding hydrogens is 361 g/mol. The first kappa shape index (κ1) is 17.3. The van der Waals surface area contributed by atoms with E-state index in [0.29, 0.717) is 65.9 Å². The molecule has 0 radical (unpaired) electrons. The molecule has 0 spiro atoms. The van der Waals surface area contributed by atoms with Crippen molar-refractivity contribution in [1.29, 1.82) is 0 Å². The largest absolute Gasteiger partial charge is 0.392 e. The van der Waals surface area contributed by atoms with E-state index in [2.05, 4.69) is 10.2 Å². The molecule has 0 bridgehead atoms. The number of aliphatic hydroxyl groups excluding tert-OH is 1. The number of fused-ring (bicyclic) bond motifs is 2. The zero-order chi connectivity index (χ0) is 19.3. The highest BCUT2D eigenvalue weighted by atomic mass is 19.1. The minimum atomic E-state index is -0.401. The molecule has 2 saturated heterocycles. The van der Waals surface area contributed by atoms with Crippen LogP contribution in [0.15, 0.2) is 36.5 Å². The number of benzene rings is 2. The van der Waals surface area contributed by atoms with E-state index in [9.17, 15) is 14.3 Å². The third kappa shape index (κ3) is 2.78. The number of aliphatic hydroxyl groups is 1. The third-order valence-electron chi connectivity index (χ3n) is 5.84. The maximum absolute atomic E-state index is 14.5. The Morgan fingerprint density at radius 2 is 2.04 bits per heavy atom. The summed E-state index contributed by atoms with van der Waals surface area (Å²) < 4.78 is 20.0. The lowest BCUT2D eigenvalue weighted by Gasteiger charge is -2.18. The van der Waals surface area contributed by atoms with Gasteiger partial charge in [0.05, 0.1) is 37.1 Å². The number of rotatable bonds is 3. The van der Waals surface area contributed by atoms with Crippen LogP contribution in [-0.2, 0) is 11.3 Å². The van der Waals surface area contributed by atoms with Crippen LogP contribution in [0.1, 0.15) is 15.9 Å². The average Bonchev–Trinajstić information content (AvgIpc) is 3.42. The van der Waals surface area contributed by atoms with Gasteiger partial charge in [-0.2, -0.15) is 5.10 Å². The molecule has 28 heavy (non-hydrogen) atoms. The summed E-state index contributed by atoms with van der Waals surface area (Å²) >= 11 is 0.